The summed E-state index contributed by atoms with van der Waals surface area (Å²) in [5, 5.41) is 17.4. The van der Waals surface area contributed by atoms with Gasteiger partial charge in [-0.3, -0.25) is 0 Å². The fourth-order valence-corrected chi connectivity index (χ4v) is 0.273. The van der Waals surface area contributed by atoms with E-state index in [0.717, 1.165) is 0 Å². The summed E-state index contributed by atoms with van der Waals surface area (Å²) in [6.07, 6.45) is 1.35. The van der Waals surface area contributed by atoms with Crippen LogP contribution in [0.2, 0.25) is 0 Å². The van der Waals surface area contributed by atoms with Crippen LogP contribution >= 0.6 is 0 Å². The first-order valence-electron chi connectivity index (χ1n) is 2.77. The van der Waals surface area contributed by atoms with Crippen LogP contribution in [-0.4, -0.2) is 10.7 Å². The molecule has 0 heterocycles. The summed E-state index contributed by atoms with van der Waals surface area (Å²) < 4.78 is 0. The quantitative estimate of drug-likeness (QED) is 0.535. The third kappa shape index (κ3) is 2.89. The lowest BCUT2D eigenvalue weighted by molar-refractivity contribution is 0.120. The largest absolute Gasteiger partial charge is 0.386 e. The molecule has 0 aromatic heterocycles. The zero-order chi connectivity index (χ0) is 7.49. The van der Waals surface area contributed by atoms with E-state index in [-0.39, 0.29) is 0 Å². The molecule has 0 saturated heterocycles. The highest BCUT2D eigenvalue weighted by Crippen LogP contribution is 2.12. The molecule has 0 radical (unpaired) electrons. The Morgan fingerprint density at radius 3 is 2.22 bits per heavy atom. The van der Waals surface area contributed by atoms with Crippen molar-refractivity contribution in [3.63, 3.8) is 0 Å². The van der Waals surface area contributed by atoms with E-state index >= 15 is 0 Å². The average molecular weight is 125 g/mol. The molecule has 0 rings (SSSR count). The number of allylic oxidation sites excluding steroid dienone is 1. The van der Waals surface area contributed by atoms with E-state index in [2.05, 4.69) is 0 Å². The Morgan fingerprint density at radius 2 is 2.11 bits per heavy atom. The van der Waals surface area contributed by atoms with Crippen molar-refractivity contribution in [3.8, 4) is 6.07 Å². The third-order valence-corrected chi connectivity index (χ3v) is 1.25. The summed E-state index contributed by atoms with van der Waals surface area (Å²) in [6, 6.07) is 1.85. The molecule has 0 aliphatic heterocycles. The summed E-state index contributed by atoms with van der Waals surface area (Å²) in [7, 11) is 0. The number of nitriles is 1. The van der Waals surface area contributed by atoms with Crippen molar-refractivity contribution in [1.29, 1.82) is 5.26 Å². The summed E-state index contributed by atoms with van der Waals surface area (Å²) in [5.41, 5.74) is -0.166. The van der Waals surface area contributed by atoms with Crippen LogP contribution in [0, 0.1) is 11.3 Å². The highest BCUT2D eigenvalue weighted by molar-refractivity contribution is 5.18. The van der Waals surface area contributed by atoms with Gasteiger partial charge in [-0.2, -0.15) is 5.26 Å². The summed E-state index contributed by atoms with van der Waals surface area (Å²) in [5.74, 6) is 0. The van der Waals surface area contributed by atoms with Crippen molar-refractivity contribution >= 4 is 0 Å². The molecule has 0 unspecified atom stereocenters. The maximum absolute atomic E-state index is 9.20. The zero-order valence-electron chi connectivity index (χ0n) is 5.97. The molecular formula is C7H11NO. The van der Waals surface area contributed by atoms with Crippen molar-refractivity contribution in [2.24, 2.45) is 0 Å². The molecule has 0 aromatic carbocycles. The van der Waals surface area contributed by atoms with Crippen molar-refractivity contribution in [2.45, 2.75) is 26.4 Å². The molecule has 9 heavy (non-hydrogen) atoms. The number of hydrogen-bond donors (Lipinski definition) is 1. The highest BCUT2D eigenvalue weighted by atomic mass is 16.3. The predicted molar refractivity (Wildman–Crippen MR) is 35.7 cm³/mol. The third-order valence-electron chi connectivity index (χ3n) is 1.25. The highest BCUT2D eigenvalue weighted by Gasteiger charge is 2.13. The molecule has 0 saturated carbocycles. The van der Waals surface area contributed by atoms with Crippen LogP contribution in [0.4, 0.5) is 0 Å². The molecule has 0 atom stereocenters. The van der Waals surface area contributed by atoms with Gasteiger partial charge in [0.15, 0.2) is 0 Å². The van der Waals surface area contributed by atoms with Crippen LogP contribution in [0.3, 0.4) is 0 Å². The summed E-state index contributed by atoms with van der Waals surface area (Å²) in [4.78, 5) is 0. The van der Waals surface area contributed by atoms with E-state index in [1.54, 1.807) is 20.8 Å². The van der Waals surface area contributed by atoms with Gasteiger partial charge in [-0.15, -0.1) is 0 Å². The Morgan fingerprint density at radius 1 is 1.67 bits per heavy atom. The Kier molecular flexibility index (Phi) is 2.41. The van der Waals surface area contributed by atoms with Crippen LogP contribution in [0.15, 0.2) is 11.6 Å². The molecule has 0 spiro atoms. The molecule has 1 N–H and O–H groups in total. The van der Waals surface area contributed by atoms with E-state index in [4.69, 9.17) is 5.26 Å². The Bertz CT molecular complexity index is 157. The molecular weight excluding hydrogens is 114 g/mol. The number of rotatable bonds is 1. The smallest absolute Gasteiger partial charge is 0.0912 e. The Labute approximate surface area is 55.4 Å². The van der Waals surface area contributed by atoms with Gasteiger partial charge in [0.25, 0.3) is 0 Å². The van der Waals surface area contributed by atoms with Gasteiger partial charge in [0.1, 0.15) is 0 Å². The second kappa shape index (κ2) is 2.65. The van der Waals surface area contributed by atoms with Gasteiger partial charge in [0.2, 0.25) is 0 Å². The Balaban J connectivity index is 4.25. The van der Waals surface area contributed by atoms with E-state index in [9.17, 15) is 5.11 Å². The van der Waals surface area contributed by atoms with Crippen molar-refractivity contribution in [1.82, 2.24) is 0 Å². The maximum atomic E-state index is 9.20. The lowest BCUT2D eigenvalue weighted by Crippen LogP contribution is -2.19. The lowest BCUT2D eigenvalue weighted by atomic mass is 10.0. The minimum absolute atomic E-state index is 0.685. The standard InChI is InChI=1S/C7H11NO/c1-6(4-5-8)7(2,3)9/h4,9H,1-3H3/b6-4+. The van der Waals surface area contributed by atoms with Gasteiger partial charge in [0.05, 0.1) is 11.7 Å². The number of hydrogen-bond acceptors (Lipinski definition) is 2. The minimum Gasteiger partial charge on any atom is -0.386 e. The van der Waals surface area contributed by atoms with Crippen LogP contribution in [0.1, 0.15) is 20.8 Å². The molecule has 2 heteroatoms. The van der Waals surface area contributed by atoms with Crippen LogP contribution in [0.25, 0.3) is 0 Å². The second-order valence-electron chi connectivity index (χ2n) is 2.52. The molecule has 50 valence electrons. The van der Waals surface area contributed by atoms with Crippen molar-refractivity contribution in [3.05, 3.63) is 11.6 Å². The number of nitrogens with zero attached hydrogens (tertiary/aromatic N) is 1. The van der Waals surface area contributed by atoms with Crippen LogP contribution in [0.5, 0.6) is 0 Å². The first-order chi connectivity index (χ1) is 3.98. The molecule has 0 fully saturated rings. The first kappa shape index (κ1) is 8.19. The average Bonchev–Trinajstić information content (AvgIpc) is 1.64. The fraction of sp³-hybridized carbons (Fsp3) is 0.571. The van der Waals surface area contributed by atoms with Gasteiger partial charge in [-0.25, -0.2) is 0 Å². The second-order valence-corrected chi connectivity index (χ2v) is 2.52. The first-order valence-corrected chi connectivity index (χ1v) is 2.77. The molecule has 0 aliphatic rings. The van der Waals surface area contributed by atoms with Crippen LogP contribution < -0.4 is 0 Å². The van der Waals surface area contributed by atoms with Gasteiger partial charge in [-0.1, -0.05) is 0 Å². The van der Waals surface area contributed by atoms with Crippen molar-refractivity contribution < 1.29 is 5.11 Å². The van der Waals surface area contributed by atoms with Gasteiger partial charge in [0, 0.05) is 6.08 Å². The molecule has 2 nitrogen and oxygen atoms in total. The Hall–Kier alpha value is -0.810. The molecule has 0 aliphatic carbocycles. The lowest BCUT2D eigenvalue weighted by Gasteiger charge is -2.16. The SMILES string of the molecule is C/C(=C\C#N)C(C)(C)O. The van der Waals surface area contributed by atoms with Gasteiger partial charge in [-0.05, 0) is 26.3 Å². The minimum atomic E-state index is -0.851. The molecule has 0 aromatic rings. The van der Waals surface area contributed by atoms with Gasteiger partial charge < -0.3 is 5.11 Å². The van der Waals surface area contributed by atoms with Crippen LogP contribution in [-0.2, 0) is 0 Å². The van der Waals surface area contributed by atoms with Crippen molar-refractivity contribution in [2.75, 3.05) is 0 Å². The summed E-state index contributed by atoms with van der Waals surface area (Å²) in [6.45, 7) is 5.02. The fourth-order valence-electron chi connectivity index (χ4n) is 0.273. The number of aliphatic hydroxyl groups is 1. The van der Waals surface area contributed by atoms with E-state index in [1.807, 2.05) is 6.07 Å². The normalized spacial score (nSPS) is 13.0. The topological polar surface area (TPSA) is 44.0 Å². The van der Waals surface area contributed by atoms with Gasteiger partial charge >= 0.3 is 0 Å². The maximum Gasteiger partial charge on any atom is 0.0912 e. The van der Waals surface area contributed by atoms with E-state index in [0.29, 0.717) is 5.57 Å². The molecule has 0 bridgehead atoms. The van der Waals surface area contributed by atoms with E-state index < -0.39 is 5.60 Å². The molecule has 0 amide bonds. The summed E-state index contributed by atoms with van der Waals surface area (Å²) >= 11 is 0. The zero-order valence-corrected chi connectivity index (χ0v) is 5.97. The predicted octanol–water partition coefficient (Wildman–Crippen LogP) is 1.23. The van der Waals surface area contributed by atoms with E-state index in [1.165, 1.54) is 6.08 Å². The monoisotopic (exact) mass is 125 g/mol.